The molecule has 236 valence electrons. The summed E-state index contributed by atoms with van der Waals surface area (Å²) in [6.07, 6.45) is 5.97. The summed E-state index contributed by atoms with van der Waals surface area (Å²) in [6, 6.07) is 15.3. The highest BCUT2D eigenvalue weighted by atomic mass is 35.5. The fraction of sp³-hybridized carbons (Fsp3) is 0.371. The van der Waals surface area contributed by atoms with Gasteiger partial charge in [-0.2, -0.15) is 10.5 Å². The molecular weight excluding hydrogens is 626 g/mol. The predicted molar refractivity (Wildman–Crippen MR) is 177 cm³/mol. The summed E-state index contributed by atoms with van der Waals surface area (Å²) in [5.41, 5.74) is 2.60. The zero-order chi connectivity index (χ0) is 32.5. The number of ether oxygens (including phenoxy) is 1. The minimum absolute atomic E-state index is 0.00721. The van der Waals surface area contributed by atoms with E-state index in [1.54, 1.807) is 0 Å². The Morgan fingerprint density at radius 2 is 1.91 bits per heavy atom. The summed E-state index contributed by atoms with van der Waals surface area (Å²) >= 11 is 13.7. The molecule has 2 aromatic carbocycles. The number of rotatable bonds is 6. The van der Waals surface area contributed by atoms with Crippen LogP contribution in [0.1, 0.15) is 24.8 Å². The molecule has 2 aromatic rings. The minimum Gasteiger partial charge on any atom is -0.475 e. The van der Waals surface area contributed by atoms with Gasteiger partial charge in [-0.05, 0) is 55.1 Å². The summed E-state index contributed by atoms with van der Waals surface area (Å²) in [5.74, 6) is -2.06. The molecule has 46 heavy (non-hydrogen) atoms. The van der Waals surface area contributed by atoms with Crippen molar-refractivity contribution >= 4 is 51.4 Å². The van der Waals surface area contributed by atoms with Gasteiger partial charge in [-0.25, -0.2) is 9.38 Å². The molecule has 11 heteroatoms. The molecule has 8 nitrogen and oxygen atoms in total. The van der Waals surface area contributed by atoms with Crippen LogP contribution < -0.4 is 0 Å². The molecule has 0 bridgehead atoms. The van der Waals surface area contributed by atoms with Crippen molar-refractivity contribution in [2.75, 3.05) is 39.8 Å². The van der Waals surface area contributed by atoms with Crippen LogP contribution in [0.4, 0.5) is 4.39 Å². The molecule has 1 aliphatic carbocycles. The van der Waals surface area contributed by atoms with Crippen LogP contribution >= 0.6 is 23.2 Å². The maximum atomic E-state index is 13.9. The molecule has 1 amide bonds. The van der Waals surface area contributed by atoms with Crippen LogP contribution in [0, 0.1) is 28.6 Å². The number of likely N-dealkylation sites (tertiary alicyclic amines) is 1. The van der Waals surface area contributed by atoms with Crippen molar-refractivity contribution in [3.8, 4) is 12.1 Å². The number of piperazine rings is 1. The molecule has 0 N–H and O–H groups in total. The normalized spacial score (nSPS) is 24.9. The molecular formula is C35H33Cl2FN6O2. The predicted octanol–water partition coefficient (Wildman–Crippen LogP) is 6.21. The Morgan fingerprint density at radius 1 is 1.13 bits per heavy atom. The maximum Gasteiger partial charge on any atom is 0.282 e. The van der Waals surface area contributed by atoms with Gasteiger partial charge >= 0.3 is 0 Å². The van der Waals surface area contributed by atoms with Gasteiger partial charge in [-0.15, -0.1) is 0 Å². The number of carbonyl (C=O) groups is 1. The Kier molecular flexibility index (Phi) is 9.20. The highest BCUT2D eigenvalue weighted by Gasteiger charge is 2.42. The van der Waals surface area contributed by atoms with Crippen LogP contribution in [-0.4, -0.2) is 84.5 Å². The van der Waals surface area contributed by atoms with Crippen LogP contribution in [0.15, 0.2) is 82.3 Å². The number of hydrogen-bond donors (Lipinski definition) is 0. The zero-order valence-corrected chi connectivity index (χ0v) is 26.9. The second-order valence-electron chi connectivity index (χ2n) is 12.0. The van der Waals surface area contributed by atoms with Crippen molar-refractivity contribution in [2.45, 2.75) is 37.4 Å². The Labute approximate surface area is 277 Å². The van der Waals surface area contributed by atoms with E-state index < -0.39 is 29.7 Å². The van der Waals surface area contributed by atoms with E-state index in [4.69, 9.17) is 32.9 Å². The van der Waals surface area contributed by atoms with Crippen LogP contribution in [-0.2, 0) is 9.53 Å². The van der Waals surface area contributed by atoms with E-state index in [9.17, 15) is 19.7 Å². The number of fused-ring (bicyclic) bond motifs is 2. The molecule has 3 aliphatic heterocycles. The Hall–Kier alpha value is -4.15. The standard InChI is InChI=1S/C35H33Cl2FN6O2/c1-21(38)35(45)44-15-14-43(19-23(44)11-12-39)33-27-16-30(37)26(25-9-3-6-22-7-4-10-29(36)32(22)25)17-31(27)41-34(28(33)18-40)46-20-24-8-5-13-42(24)2/h3-4,6-7,9-10,16-17,23-24,27,31H,1,5,8,11,13-15,19-20H2,2H3/t23-,24-,27?,31?/m0/s1. The van der Waals surface area contributed by atoms with Crippen LogP contribution in [0.3, 0.4) is 0 Å². The second-order valence-corrected chi connectivity index (χ2v) is 12.8. The third-order valence-electron chi connectivity index (χ3n) is 9.32. The minimum atomic E-state index is -1.07. The van der Waals surface area contributed by atoms with Gasteiger partial charge in [0.05, 0.1) is 24.6 Å². The lowest BCUT2D eigenvalue weighted by Gasteiger charge is -2.45. The van der Waals surface area contributed by atoms with Gasteiger partial charge < -0.3 is 19.4 Å². The van der Waals surface area contributed by atoms with Gasteiger partial charge in [0.25, 0.3) is 5.91 Å². The van der Waals surface area contributed by atoms with Crippen molar-refractivity contribution in [2.24, 2.45) is 10.9 Å². The largest absolute Gasteiger partial charge is 0.475 e. The molecule has 4 aliphatic rings. The van der Waals surface area contributed by atoms with Gasteiger partial charge in [0.15, 0.2) is 5.83 Å². The molecule has 3 heterocycles. The van der Waals surface area contributed by atoms with E-state index in [0.717, 1.165) is 41.3 Å². The number of carbonyl (C=O) groups excluding carboxylic acids is 1. The summed E-state index contributed by atoms with van der Waals surface area (Å²) in [4.78, 5) is 23.2. The summed E-state index contributed by atoms with van der Waals surface area (Å²) in [6.45, 7) is 5.21. The Bertz CT molecular complexity index is 1800. The highest BCUT2D eigenvalue weighted by Crippen LogP contribution is 2.44. The molecule has 6 rings (SSSR count). The quantitative estimate of drug-likeness (QED) is 0.343. The number of hydrogen-bond acceptors (Lipinski definition) is 7. The van der Waals surface area contributed by atoms with Crippen molar-refractivity contribution in [3.05, 3.63) is 87.8 Å². The zero-order valence-electron chi connectivity index (χ0n) is 25.4. The number of amides is 1. The Balaban J connectivity index is 1.42. The first-order chi connectivity index (χ1) is 22.2. The van der Waals surface area contributed by atoms with E-state index >= 15 is 0 Å². The highest BCUT2D eigenvalue weighted by molar-refractivity contribution is 6.39. The van der Waals surface area contributed by atoms with E-state index in [0.29, 0.717) is 28.9 Å². The first-order valence-corrected chi connectivity index (χ1v) is 16.1. The average Bonchev–Trinajstić information content (AvgIpc) is 3.46. The van der Waals surface area contributed by atoms with E-state index in [1.165, 1.54) is 4.90 Å². The molecule has 4 atom stereocenters. The lowest BCUT2D eigenvalue weighted by atomic mass is 9.82. The fourth-order valence-corrected chi connectivity index (χ4v) is 7.58. The first kappa shape index (κ1) is 31.8. The third-order valence-corrected chi connectivity index (χ3v) is 9.97. The molecule has 2 saturated heterocycles. The number of benzene rings is 2. The van der Waals surface area contributed by atoms with Crippen LogP contribution in [0.2, 0.25) is 5.02 Å². The molecule has 2 unspecified atom stereocenters. The molecule has 0 radical (unpaired) electrons. The topological polar surface area (TPSA) is 96.0 Å². The summed E-state index contributed by atoms with van der Waals surface area (Å²) in [5, 5.41) is 23.1. The van der Waals surface area contributed by atoms with Crippen LogP contribution in [0.25, 0.3) is 16.3 Å². The van der Waals surface area contributed by atoms with Crippen molar-refractivity contribution in [3.63, 3.8) is 0 Å². The molecule has 0 spiro atoms. The van der Waals surface area contributed by atoms with Gasteiger partial charge in [0, 0.05) is 52.7 Å². The van der Waals surface area contributed by atoms with E-state index in [-0.39, 0.29) is 37.0 Å². The van der Waals surface area contributed by atoms with Gasteiger partial charge in [-0.3, -0.25) is 4.79 Å². The molecule has 0 saturated carbocycles. The Morgan fingerprint density at radius 3 is 2.61 bits per heavy atom. The number of likely N-dealkylation sites (N-methyl/N-ethyl adjacent to an activating group) is 1. The van der Waals surface area contributed by atoms with E-state index in [2.05, 4.69) is 30.7 Å². The maximum absolute atomic E-state index is 13.9. The molecule has 0 aromatic heterocycles. The van der Waals surface area contributed by atoms with Gasteiger partial charge in [-0.1, -0.05) is 66.2 Å². The second kappa shape index (κ2) is 13.3. The number of nitriles is 2. The van der Waals surface area contributed by atoms with Gasteiger partial charge in [0.1, 0.15) is 18.2 Å². The monoisotopic (exact) mass is 658 g/mol. The summed E-state index contributed by atoms with van der Waals surface area (Å²) in [7, 11) is 2.06. The van der Waals surface area contributed by atoms with Crippen LogP contribution in [0.5, 0.6) is 0 Å². The third kappa shape index (κ3) is 5.91. The van der Waals surface area contributed by atoms with Crippen molar-refractivity contribution in [1.29, 1.82) is 10.5 Å². The first-order valence-electron chi connectivity index (χ1n) is 15.3. The number of halogens is 3. The number of aliphatic imine (C=N–C) groups is 1. The number of allylic oxidation sites excluding steroid dienone is 2. The summed E-state index contributed by atoms with van der Waals surface area (Å²) < 4.78 is 20.3. The lowest BCUT2D eigenvalue weighted by Crippen LogP contribution is -2.56. The SMILES string of the molecule is C=C(F)C(=O)N1CCN(C2=C(C#N)C(OC[C@@H]3CCCN3C)=NC3C=C(c4cccc5cccc(Cl)c45)C(Cl)=CC23)C[C@@H]1CC#N. The smallest absolute Gasteiger partial charge is 0.282 e. The van der Waals surface area contributed by atoms with Crippen molar-refractivity contribution < 1.29 is 13.9 Å². The lowest BCUT2D eigenvalue weighted by molar-refractivity contribution is -0.133. The fourth-order valence-electron chi connectivity index (χ4n) is 7.00. The molecule has 2 fully saturated rings. The van der Waals surface area contributed by atoms with E-state index in [1.807, 2.05) is 53.5 Å². The number of dihydropyridines is 1. The average molecular weight is 660 g/mol. The van der Waals surface area contributed by atoms with Gasteiger partial charge in [0.2, 0.25) is 5.90 Å². The van der Waals surface area contributed by atoms with Crippen molar-refractivity contribution in [1.82, 2.24) is 14.7 Å². The number of nitrogens with zero attached hydrogens (tertiary/aromatic N) is 6.